The zero-order chi connectivity index (χ0) is 15.2. The summed E-state index contributed by atoms with van der Waals surface area (Å²) < 4.78 is 4.54. The molecule has 2 rings (SSSR count). The molecule has 7 heteroatoms. The predicted octanol–water partition coefficient (Wildman–Crippen LogP) is 0.902. The van der Waals surface area contributed by atoms with Crippen molar-refractivity contribution < 1.29 is 14.3 Å². The Kier molecular flexibility index (Phi) is 4.65. The lowest BCUT2D eigenvalue weighted by Gasteiger charge is -2.14. The highest BCUT2D eigenvalue weighted by Crippen LogP contribution is 2.06. The van der Waals surface area contributed by atoms with E-state index in [2.05, 4.69) is 14.9 Å². The van der Waals surface area contributed by atoms with Crippen LogP contribution in [0, 0.1) is 0 Å². The third kappa shape index (κ3) is 3.65. The quantitative estimate of drug-likeness (QED) is 0.764. The van der Waals surface area contributed by atoms with Gasteiger partial charge in [0.2, 0.25) is 0 Å². The van der Waals surface area contributed by atoms with Crippen molar-refractivity contribution in [1.82, 2.24) is 19.9 Å². The summed E-state index contributed by atoms with van der Waals surface area (Å²) in [5.41, 5.74) is 1.000. The molecule has 0 spiro atoms. The number of esters is 1. The largest absolute Gasteiger partial charge is 0.469 e. The van der Waals surface area contributed by atoms with Crippen LogP contribution in [0.25, 0.3) is 5.69 Å². The van der Waals surface area contributed by atoms with Gasteiger partial charge in [0.1, 0.15) is 0 Å². The third-order valence-corrected chi connectivity index (χ3v) is 2.92. The summed E-state index contributed by atoms with van der Waals surface area (Å²) in [5, 5.41) is 8.21. The van der Waals surface area contributed by atoms with E-state index in [-0.39, 0.29) is 30.5 Å². The summed E-state index contributed by atoms with van der Waals surface area (Å²) in [7, 11) is 2.92. The van der Waals surface area contributed by atoms with Crippen LogP contribution in [0.15, 0.2) is 36.5 Å². The van der Waals surface area contributed by atoms with E-state index >= 15 is 0 Å². The standard InChI is InChI=1S/C14H16N4O3/c1-17(9-8-13(19)21-2)14(20)12-10-15-18(16-12)11-6-4-3-5-7-11/h3-7,10H,8-9H2,1-2H3. The van der Waals surface area contributed by atoms with Crippen molar-refractivity contribution in [2.75, 3.05) is 20.7 Å². The van der Waals surface area contributed by atoms with Gasteiger partial charge in [-0.05, 0) is 12.1 Å². The van der Waals surface area contributed by atoms with Crippen molar-refractivity contribution >= 4 is 11.9 Å². The van der Waals surface area contributed by atoms with Gasteiger partial charge in [0, 0.05) is 13.6 Å². The number of aromatic nitrogens is 3. The molecule has 1 aromatic carbocycles. The van der Waals surface area contributed by atoms with Crippen LogP contribution in [0.4, 0.5) is 0 Å². The number of amides is 1. The summed E-state index contributed by atoms with van der Waals surface area (Å²) in [6, 6.07) is 9.30. The molecule has 0 saturated heterocycles. The number of benzene rings is 1. The molecule has 0 N–H and O–H groups in total. The van der Waals surface area contributed by atoms with Crippen molar-refractivity contribution in [3.63, 3.8) is 0 Å². The van der Waals surface area contributed by atoms with Gasteiger partial charge in [0.05, 0.1) is 25.4 Å². The molecule has 7 nitrogen and oxygen atoms in total. The maximum atomic E-state index is 12.1. The van der Waals surface area contributed by atoms with E-state index in [0.29, 0.717) is 0 Å². The molecule has 0 radical (unpaired) electrons. The zero-order valence-electron chi connectivity index (χ0n) is 11.9. The number of hydrogen-bond acceptors (Lipinski definition) is 5. The second-order valence-corrected chi connectivity index (χ2v) is 4.41. The molecule has 110 valence electrons. The fourth-order valence-electron chi connectivity index (χ4n) is 1.70. The van der Waals surface area contributed by atoms with Crippen LogP contribution < -0.4 is 0 Å². The van der Waals surface area contributed by atoms with Crippen molar-refractivity contribution in [3.8, 4) is 5.69 Å². The Balaban J connectivity index is 2.03. The number of para-hydroxylation sites is 1. The average Bonchev–Trinajstić information content (AvgIpc) is 3.02. The van der Waals surface area contributed by atoms with E-state index in [0.717, 1.165) is 5.69 Å². The first-order chi connectivity index (χ1) is 10.1. The van der Waals surface area contributed by atoms with E-state index in [4.69, 9.17) is 0 Å². The lowest BCUT2D eigenvalue weighted by atomic mass is 10.3. The Labute approximate surface area is 122 Å². The fraction of sp³-hybridized carbons (Fsp3) is 0.286. The minimum absolute atomic E-state index is 0.144. The number of hydrogen-bond donors (Lipinski definition) is 0. The molecule has 0 aliphatic carbocycles. The van der Waals surface area contributed by atoms with Gasteiger partial charge in [-0.25, -0.2) is 0 Å². The molecule has 0 atom stereocenters. The number of carbonyl (C=O) groups is 2. The molecular formula is C14H16N4O3. The minimum Gasteiger partial charge on any atom is -0.469 e. The minimum atomic E-state index is -0.359. The highest BCUT2D eigenvalue weighted by molar-refractivity contribution is 5.92. The van der Waals surface area contributed by atoms with Gasteiger partial charge in [-0.1, -0.05) is 18.2 Å². The van der Waals surface area contributed by atoms with Crippen LogP contribution >= 0.6 is 0 Å². The lowest BCUT2D eigenvalue weighted by molar-refractivity contribution is -0.140. The molecule has 1 heterocycles. The fourth-order valence-corrected chi connectivity index (χ4v) is 1.70. The molecule has 0 bridgehead atoms. The van der Waals surface area contributed by atoms with Crippen LogP contribution in [-0.4, -0.2) is 52.5 Å². The van der Waals surface area contributed by atoms with Gasteiger partial charge in [0.15, 0.2) is 5.69 Å². The number of rotatable bonds is 5. The molecule has 1 amide bonds. The number of carbonyl (C=O) groups excluding carboxylic acids is 2. The second kappa shape index (κ2) is 6.65. The number of ether oxygens (including phenoxy) is 1. The molecular weight excluding hydrogens is 272 g/mol. The molecule has 0 fully saturated rings. The summed E-state index contributed by atoms with van der Waals surface area (Å²) >= 11 is 0. The smallest absolute Gasteiger partial charge is 0.307 e. The van der Waals surface area contributed by atoms with Gasteiger partial charge in [-0.15, -0.1) is 5.10 Å². The zero-order valence-corrected chi connectivity index (χ0v) is 11.9. The first kappa shape index (κ1) is 14.7. The van der Waals surface area contributed by atoms with Crippen molar-refractivity contribution in [2.24, 2.45) is 0 Å². The summed E-state index contributed by atoms with van der Waals surface area (Å²) in [6.45, 7) is 0.268. The molecule has 0 unspecified atom stereocenters. The maximum Gasteiger partial charge on any atom is 0.307 e. The summed E-state index contributed by atoms with van der Waals surface area (Å²) in [6.07, 6.45) is 1.55. The van der Waals surface area contributed by atoms with Crippen molar-refractivity contribution in [1.29, 1.82) is 0 Å². The van der Waals surface area contributed by atoms with Gasteiger partial charge in [-0.2, -0.15) is 9.90 Å². The molecule has 2 aromatic rings. The van der Waals surface area contributed by atoms with Crippen LogP contribution in [0.2, 0.25) is 0 Å². The number of nitrogens with zero attached hydrogens (tertiary/aromatic N) is 4. The van der Waals surface area contributed by atoms with E-state index in [1.165, 1.54) is 23.0 Å². The lowest BCUT2D eigenvalue weighted by Crippen LogP contribution is -2.29. The van der Waals surface area contributed by atoms with E-state index < -0.39 is 0 Å². The molecule has 1 aromatic heterocycles. The molecule has 0 aliphatic heterocycles. The Morgan fingerprint density at radius 1 is 1.29 bits per heavy atom. The normalized spacial score (nSPS) is 10.2. The SMILES string of the molecule is COC(=O)CCN(C)C(=O)c1cnn(-c2ccccc2)n1. The number of methoxy groups -OCH3 is 1. The van der Waals surface area contributed by atoms with E-state index in [1.807, 2.05) is 30.3 Å². The topological polar surface area (TPSA) is 77.3 Å². The average molecular weight is 288 g/mol. The van der Waals surface area contributed by atoms with Gasteiger partial charge >= 0.3 is 5.97 Å². The first-order valence-electron chi connectivity index (χ1n) is 6.42. The van der Waals surface area contributed by atoms with E-state index in [1.54, 1.807) is 7.05 Å². The van der Waals surface area contributed by atoms with Crippen LogP contribution in [0.1, 0.15) is 16.9 Å². The monoisotopic (exact) mass is 288 g/mol. The Morgan fingerprint density at radius 3 is 2.67 bits per heavy atom. The third-order valence-electron chi connectivity index (χ3n) is 2.92. The second-order valence-electron chi connectivity index (χ2n) is 4.41. The van der Waals surface area contributed by atoms with Gasteiger partial charge < -0.3 is 9.64 Å². The highest BCUT2D eigenvalue weighted by atomic mass is 16.5. The van der Waals surface area contributed by atoms with Crippen LogP contribution in [0.3, 0.4) is 0 Å². The first-order valence-corrected chi connectivity index (χ1v) is 6.42. The van der Waals surface area contributed by atoms with Crippen molar-refractivity contribution in [2.45, 2.75) is 6.42 Å². The Hall–Kier alpha value is -2.70. The molecule has 21 heavy (non-hydrogen) atoms. The van der Waals surface area contributed by atoms with E-state index in [9.17, 15) is 9.59 Å². The van der Waals surface area contributed by atoms with Gasteiger partial charge in [0.25, 0.3) is 5.91 Å². The highest BCUT2D eigenvalue weighted by Gasteiger charge is 2.17. The summed E-state index contributed by atoms with van der Waals surface area (Å²) in [5.74, 6) is -0.649. The van der Waals surface area contributed by atoms with Crippen molar-refractivity contribution in [3.05, 3.63) is 42.2 Å². The summed E-state index contributed by atoms with van der Waals surface area (Å²) in [4.78, 5) is 26.0. The van der Waals surface area contributed by atoms with Crippen LogP contribution in [-0.2, 0) is 9.53 Å². The molecule has 0 saturated carbocycles. The van der Waals surface area contributed by atoms with Crippen LogP contribution in [0.5, 0.6) is 0 Å². The molecule has 0 aliphatic rings. The predicted molar refractivity (Wildman–Crippen MR) is 75.0 cm³/mol. The maximum absolute atomic E-state index is 12.1. The Bertz CT molecular complexity index is 624. The van der Waals surface area contributed by atoms with Gasteiger partial charge in [-0.3, -0.25) is 9.59 Å². The Morgan fingerprint density at radius 2 is 2.00 bits per heavy atom.